The molecule has 2 aromatic heterocycles. The summed E-state index contributed by atoms with van der Waals surface area (Å²) in [7, 11) is 0. The van der Waals surface area contributed by atoms with Crippen LogP contribution in [0.5, 0.6) is 0 Å². The molecule has 0 saturated carbocycles. The van der Waals surface area contributed by atoms with Crippen LogP contribution < -0.4 is 5.73 Å². The van der Waals surface area contributed by atoms with Gasteiger partial charge in [0.25, 0.3) is 0 Å². The summed E-state index contributed by atoms with van der Waals surface area (Å²) in [6.45, 7) is 0. The van der Waals surface area contributed by atoms with E-state index in [4.69, 9.17) is 5.73 Å². The molecule has 4 rings (SSSR count). The lowest BCUT2D eigenvalue weighted by Gasteiger charge is -2.06. The third-order valence-corrected chi connectivity index (χ3v) is 4.34. The summed E-state index contributed by atoms with van der Waals surface area (Å²) >= 11 is 3.51. The summed E-state index contributed by atoms with van der Waals surface area (Å²) in [5.74, 6) is 0. The normalized spacial score (nSPS) is 11.0. The molecule has 0 saturated heterocycles. The lowest BCUT2D eigenvalue weighted by molar-refractivity contribution is 1.18. The number of benzene rings is 2. The number of hydrogen-bond donors (Lipinski definition) is 1. The first-order chi connectivity index (χ1) is 11.2. The Kier molecular flexibility index (Phi) is 3.39. The van der Waals surface area contributed by atoms with Crippen LogP contribution in [0.4, 0.5) is 5.69 Å². The van der Waals surface area contributed by atoms with Gasteiger partial charge >= 0.3 is 0 Å². The van der Waals surface area contributed by atoms with Gasteiger partial charge in [0, 0.05) is 21.9 Å². The first kappa shape index (κ1) is 14.0. The van der Waals surface area contributed by atoms with Gasteiger partial charge in [-0.25, -0.2) is 4.98 Å². The summed E-state index contributed by atoms with van der Waals surface area (Å²) in [6, 6.07) is 20.4. The van der Waals surface area contributed by atoms with Crippen LogP contribution in [0.2, 0.25) is 0 Å². The van der Waals surface area contributed by atoms with E-state index >= 15 is 0 Å². The number of imidazole rings is 1. The van der Waals surface area contributed by atoms with Crippen LogP contribution in [-0.4, -0.2) is 9.38 Å². The minimum Gasteiger partial charge on any atom is -0.399 e. The van der Waals surface area contributed by atoms with Crippen LogP contribution >= 0.6 is 15.9 Å². The molecule has 0 unspecified atom stereocenters. The molecule has 0 bridgehead atoms. The topological polar surface area (TPSA) is 43.3 Å². The molecule has 0 atom stereocenters. The van der Waals surface area contributed by atoms with Gasteiger partial charge in [-0.3, -0.25) is 4.40 Å². The third kappa shape index (κ3) is 2.62. The van der Waals surface area contributed by atoms with Crippen molar-refractivity contribution in [3.63, 3.8) is 0 Å². The summed E-state index contributed by atoms with van der Waals surface area (Å²) in [5.41, 5.74) is 12.0. The molecule has 4 heteroatoms. The molecule has 112 valence electrons. The maximum absolute atomic E-state index is 5.86. The smallest absolute Gasteiger partial charge is 0.137 e. The molecule has 0 fully saturated rings. The van der Waals surface area contributed by atoms with E-state index in [0.717, 1.165) is 38.2 Å². The second-order valence-corrected chi connectivity index (χ2v) is 6.34. The maximum Gasteiger partial charge on any atom is 0.137 e. The Labute approximate surface area is 142 Å². The molecule has 0 radical (unpaired) electrons. The van der Waals surface area contributed by atoms with Crippen LogP contribution in [0, 0.1) is 0 Å². The van der Waals surface area contributed by atoms with Crippen molar-refractivity contribution in [3.8, 4) is 22.4 Å². The number of nitrogen functional groups attached to an aromatic ring is 1. The van der Waals surface area contributed by atoms with Gasteiger partial charge in [0.15, 0.2) is 0 Å². The first-order valence-corrected chi connectivity index (χ1v) is 8.09. The Morgan fingerprint density at radius 3 is 2.43 bits per heavy atom. The zero-order valence-electron chi connectivity index (χ0n) is 12.3. The van der Waals surface area contributed by atoms with Crippen LogP contribution in [0.1, 0.15) is 0 Å². The van der Waals surface area contributed by atoms with Crippen molar-refractivity contribution in [2.45, 2.75) is 0 Å². The fourth-order valence-electron chi connectivity index (χ4n) is 2.72. The highest BCUT2D eigenvalue weighted by Crippen LogP contribution is 2.27. The molecule has 0 aliphatic rings. The average molecular weight is 364 g/mol. The lowest BCUT2D eigenvalue weighted by Crippen LogP contribution is -1.88. The quantitative estimate of drug-likeness (QED) is 0.508. The zero-order valence-corrected chi connectivity index (χ0v) is 13.9. The number of halogens is 1. The number of anilines is 1. The van der Waals surface area contributed by atoms with Crippen molar-refractivity contribution in [1.29, 1.82) is 0 Å². The van der Waals surface area contributed by atoms with Gasteiger partial charge in [-0.05, 0) is 51.3 Å². The Morgan fingerprint density at radius 2 is 1.65 bits per heavy atom. The molecule has 0 spiro atoms. The molecule has 2 aromatic carbocycles. The molecule has 2 N–H and O–H groups in total. The summed E-state index contributed by atoms with van der Waals surface area (Å²) in [4.78, 5) is 4.45. The number of nitrogens with two attached hydrogens (primary N) is 1. The van der Waals surface area contributed by atoms with E-state index in [1.807, 2.05) is 42.7 Å². The number of hydrogen-bond acceptors (Lipinski definition) is 2. The molecular weight excluding hydrogens is 350 g/mol. The predicted molar refractivity (Wildman–Crippen MR) is 98.2 cm³/mol. The maximum atomic E-state index is 5.86. The molecule has 4 aromatic rings. The molecule has 0 amide bonds. The number of aromatic nitrogens is 2. The number of rotatable bonds is 2. The molecule has 0 aliphatic heterocycles. The Balaban J connectivity index is 1.77. The van der Waals surface area contributed by atoms with Crippen molar-refractivity contribution in [2.75, 3.05) is 5.73 Å². The van der Waals surface area contributed by atoms with E-state index in [2.05, 4.69) is 55.6 Å². The van der Waals surface area contributed by atoms with Gasteiger partial charge < -0.3 is 5.73 Å². The highest BCUT2D eigenvalue weighted by atomic mass is 79.9. The standard InChI is InChI=1S/C19H14BrN3/c20-16-8-9-19-22-11-18(23(19)12-16)14-6-4-13(5-7-14)15-2-1-3-17(21)10-15/h1-12H,21H2. The molecule has 23 heavy (non-hydrogen) atoms. The van der Waals surface area contributed by atoms with Gasteiger partial charge in [0.2, 0.25) is 0 Å². The third-order valence-electron chi connectivity index (χ3n) is 3.87. The molecule has 3 nitrogen and oxygen atoms in total. The number of fused-ring (bicyclic) bond motifs is 1. The van der Waals surface area contributed by atoms with Crippen LogP contribution in [-0.2, 0) is 0 Å². The monoisotopic (exact) mass is 363 g/mol. The Morgan fingerprint density at radius 1 is 0.870 bits per heavy atom. The zero-order chi connectivity index (χ0) is 15.8. The fraction of sp³-hybridized carbons (Fsp3) is 0. The highest BCUT2D eigenvalue weighted by molar-refractivity contribution is 9.10. The number of nitrogens with zero attached hydrogens (tertiary/aromatic N) is 2. The van der Waals surface area contributed by atoms with Crippen molar-refractivity contribution >= 4 is 27.3 Å². The van der Waals surface area contributed by atoms with E-state index in [-0.39, 0.29) is 0 Å². The van der Waals surface area contributed by atoms with E-state index in [0.29, 0.717) is 0 Å². The number of pyridine rings is 1. The van der Waals surface area contributed by atoms with E-state index < -0.39 is 0 Å². The van der Waals surface area contributed by atoms with Crippen molar-refractivity contribution < 1.29 is 0 Å². The molecule has 0 aliphatic carbocycles. The second-order valence-electron chi connectivity index (χ2n) is 5.42. The van der Waals surface area contributed by atoms with E-state index in [1.54, 1.807) is 0 Å². The second kappa shape index (κ2) is 5.56. The van der Waals surface area contributed by atoms with Gasteiger partial charge in [-0.2, -0.15) is 0 Å². The Hall–Kier alpha value is -2.59. The van der Waals surface area contributed by atoms with Gasteiger partial charge in [0.1, 0.15) is 5.65 Å². The van der Waals surface area contributed by atoms with Gasteiger partial charge in [0.05, 0.1) is 11.9 Å². The fourth-order valence-corrected chi connectivity index (χ4v) is 3.06. The largest absolute Gasteiger partial charge is 0.399 e. The van der Waals surface area contributed by atoms with Crippen LogP contribution in [0.25, 0.3) is 28.0 Å². The summed E-state index contributed by atoms with van der Waals surface area (Å²) in [6.07, 6.45) is 3.93. The van der Waals surface area contributed by atoms with Crippen molar-refractivity contribution in [1.82, 2.24) is 9.38 Å². The van der Waals surface area contributed by atoms with Crippen molar-refractivity contribution in [3.05, 3.63) is 77.5 Å². The van der Waals surface area contributed by atoms with E-state index in [9.17, 15) is 0 Å². The van der Waals surface area contributed by atoms with Crippen LogP contribution in [0.3, 0.4) is 0 Å². The summed E-state index contributed by atoms with van der Waals surface area (Å²) < 4.78 is 3.11. The van der Waals surface area contributed by atoms with Crippen molar-refractivity contribution in [2.24, 2.45) is 0 Å². The first-order valence-electron chi connectivity index (χ1n) is 7.30. The van der Waals surface area contributed by atoms with Gasteiger partial charge in [-0.1, -0.05) is 36.4 Å². The molecular formula is C19H14BrN3. The van der Waals surface area contributed by atoms with Gasteiger partial charge in [-0.15, -0.1) is 0 Å². The molecule has 2 heterocycles. The Bertz CT molecular complexity index is 987. The average Bonchev–Trinajstić information content (AvgIpc) is 2.98. The van der Waals surface area contributed by atoms with Crippen LogP contribution in [0.15, 0.2) is 77.5 Å². The predicted octanol–water partition coefficient (Wildman–Crippen LogP) is 5.01. The van der Waals surface area contributed by atoms with E-state index in [1.165, 1.54) is 0 Å². The minimum absolute atomic E-state index is 0.776. The SMILES string of the molecule is Nc1cccc(-c2ccc(-c3cnc4ccc(Br)cn34)cc2)c1. The minimum atomic E-state index is 0.776. The lowest BCUT2D eigenvalue weighted by atomic mass is 10.0. The highest BCUT2D eigenvalue weighted by Gasteiger charge is 2.07. The summed E-state index contributed by atoms with van der Waals surface area (Å²) in [5, 5.41) is 0.